The minimum Gasteiger partial charge on any atom is -0.496 e. The van der Waals surface area contributed by atoms with Gasteiger partial charge in [-0.05, 0) is 30.3 Å². The number of aromatic nitrogens is 1. The molecule has 0 radical (unpaired) electrons. The lowest BCUT2D eigenvalue weighted by Gasteiger charge is -2.07. The van der Waals surface area contributed by atoms with Gasteiger partial charge in [0.25, 0.3) is 0 Å². The summed E-state index contributed by atoms with van der Waals surface area (Å²) in [5.74, 6) is 0.716. The van der Waals surface area contributed by atoms with Gasteiger partial charge in [0.05, 0.1) is 12.8 Å². The molecule has 4 heteroatoms. The lowest BCUT2D eigenvalue weighted by molar-refractivity contribution is 0.112. The van der Waals surface area contributed by atoms with Gasteiger partial charge < -0.3 is 9.72 Å². The van der Waals surface area contributed by atoms with Crippen molar-refractivity contribution in [1.29, 1.82) is 0 Å². The van der Waals surface area contributed by atoms with Crippen LogP contribution in [0.2, 0.25) is 5.02 Å². The summed E-state index contributed by atoms with van der Waals surface area (Å²) in [6, 6.07) is 13.0. The topological polar surface area (TPSA) is 42.1 Å². The maximum Gasteiger partial charge on any atom is 0.152 e. The molecule has 2 aromatic carbocycles. The third-order valence-corrected chi connectivity index (χ3v) is 3.53. The molecule has 1 N–H and O–H groups in total. The summed E-state index contributed by atoms with van der Waals surface area (Å²) in [5, 5.41) is 1.42. The van der Waals surface area contributed by atoms with E-state index in [9.17, 15) is 4.79 Å². The second-order valence-electron chi connectivity index (χ2n) is 4.42. The summed E-state index contributed by atoms with van der Waals surface area (Å²) < 4.78 is 5.36. The Morgan fingerprint density at radius 1 is 1.20 bits per heavy atom. The number of fused-ring (bicyclic) bond motifs is 1. The molecule has 0 aliphatic rings. The van der Waals surface area contributed by atoms with E-state index in [1.54, 1.807) is 19.2 Å². The van der Waals surface area contributed by atoms with Crippen molar-refractivity contribution in [3.05, 3.63) is 53.1 Å². The number of methoxy groups -OCH3 is 1. The van der Waals surface area contributed by atoms with Crippen LogP contribution in [0.15, 0.2) is 42.5 Å². The molecule has 100 valence electrons. The molecule has 0 saturated heterocycles. The van der Waals surface area contributed by atoms with Crippen LogP contribution in [0, 0.1) is 0 Å². The van der Waals surface area contributed by atoms with E-state index in [-0.39, 0.29) is 0 Å². The van der Waals surface area contributed by atoms with Gasteiger partial charge in [0.2, 0.25) is 0 Å². The van der Waals surface area contributed by atoms with Crippen molar-refractivity contribution in [2.24, 2.45) is 0 Å². The van der Waals surface area contributed by atoms with Gasteiger partial charge >= 0.3 is 0 Å². The lowest BCUT2D eigenvalue weighted by atomic mass is 10.1. The highest BCUT2D eigenvalue weighted by atomic mass is 35.5. The van der Waals surface area contributed by atoms with Crippen molar-refractivity contribution in [3.8, 4) is 17.0 Å². The van der Waals surface area contributed by atoms with E-state index in [0.717, 1.165) is 28.4 Å². The zero-order valence-corrected chi connectivity index (χ0v) is 11.6. The van der Waals surface area contributed by atoms with Gasteiger partial charge in [-0.1, -0.05) is 23.7 Å². The number of hydrogen-bond acceptors (Lipinski definition) is 2. The minimum absolute atomic E-state index is 0.590. The Bertz CT molecular complexity index is 792. The number of nitrogens with one attached hydrogen (secondary N) is 1. The van der Waals surface area contributed by atoms with Crippen LogP contribution in [0.1, 0.15) is 10.4 Å². The van der Waals surface area contributed by atoms with Gasteiger partial charge in [-0.15, -0.1) is 0 Å². The molecule has 0 unspecified atom stereocenters. The van der Waals surface area contributed by atoms with Crippen LogP contribution >= 0.6 is 11.6 Å². The Kier molecular flexibility index (Phi) is 3.20. The monoisotopic (exact) mass is 285 g/mol. The van der Waals surface area contributed by atoms with Crippen LogP contribution in [0.4, 0.5) is 0 Å². The highest BCUT2D eigenvalue weighted by Crippen LogP contribution is 2.35. The number of para-hydroxylation sites is 1. The highest BCUT2D eigenvalue weighted by molar-refractivity contribution is 6.31. The first-order valence-corrected chi connectivity index (χ1v) is 6.52. The van der Waals surface area contributed by atoms with Crippen LogP contribution in [0.5, 0.6) is 5.75 Å². The van der Waals surface area contributed by atoms with Crippen LogP contribution in [0.25, 0.3) is 22.2 Å². The number of aromatic amines is 1. The largest absolute Gasteiger partial charge is 0.496 e. The van der Waals surface area contributed by atoms with Crippen molar-refractivity contribution < 1.29 is 9.53 Å². The fraction of sp³-hybridized carbons (Fsp3) is 0.0625. The van der Waals surface area contributed by atoms with Crippen LogP contribution < -0.4 is 4.74 Å². The molecule has 0 atom stereocenters. The summed E-state index contributed by atoms with van der Waals surface area (Å²) in [7, 11) is 1.61. The van der Waals surface area contributed by atoms with Crippen LogP contribution in [-0.2, 0) is 0 Å². The average molecular weight is 286 g/mol. The SMILES string of the molecule is COc1ccccc1-c1[nH]c2ccc(Cl)cc2c1C=O. The zero-order valence-electron chi connectivity index (χ0n) is 10.8. The smallest absolute Gasteiger partial charge is 0.152 e. The van der Waals surface area contributed by atoms with E-state index in [1.165, 1.54) is 0 Å². The third-order valence-electron chi connectivity index (χ3n) is 3.29. The van der Waals surface area contributed by atoms with E-state index < -0.39 is 0 Å². The van der Waals surface area contributed by atoms with Crippen LogP contribution in [0.3, 0.4) is 0 Å². The summed E-state index contributed by atoms with van der Waals surface area (Å²) in [6.07, 6.45) is 0.844. The van der Waals surface area contributed by atoms with Crippen molar-refractivity contribution in [3.63, 3.8) is 0 Å². The van der Waals surface area contributed by atoms with Gasteiger partial charge in [-0.25, -0.2) is 0 Å². The normalized spacial score (nSPS) is 10.7. The first-order valence-electron chi connectivity index (χ1n) is 6.14. The Labute approximate surface area is 121 Å². The number of H-pyrrole nitrogens is 1. The zero-order chi connectivity index (χ0) is 14.1. The number of rotatable bonds is 3. The molecule has 0 fully saturated rings. The fourth-order valence-electron chi connectivity index (χ4n) is 2.37. The quantitative estimate of drug-likeness (QED) is 0.729. The Morgan fingerprint density at radius 2 is 2.00 bits per heavy atom. The summed E-state index contributed by atoms with van der Waals surface area (Å²) >= 11 is 6.01. The molecule has 3 rings (SSSR count). The number of halogens is 1. The molecule has 0 spiro atoms. The molecular weight excluding hydrogens is 274 g/mol. The molecule has 0 aliphatic heterocycles. The second kappa shape index (κ2) is 5.02. The van der Waals surface area contributed by atoms with Crippen molar-refractivity contribution >= 4 is 28.8 Å². The standard InChI is InChI=1S/C16H12ClNO2/c1-20-15-5-3-2-4-11(15)16-13(9-19)12-8-10(17)6-7-14(12)18-16/h2-9,18H,1H3. The molecule has 20 heavy (non-hydrogen) atoms. The molecular formula is C16H12ClNO2. The fourth-order valence-corrected chi connectivity index (χ4v) is 2.54. The van der Waals surface area contributed by atoms with Crippen molar-refractivity contribution in [2.75, 3.05) is 7.11 Å². The molecule has 3 aromatic rings. The van der Waals surface area contributed by atoms with E-state index in [2.05, 4.69) is 4.98 Å². The van der Waals surface area contributed by atoms with E-state index in [4.69, 9.17) is 16.3 Å². The Morgan fingerprint density at radius 3 is 2.75 bits per heavy atom. The Balaban J connectivity index is 2.33. The van der Waals surface area contributed by atoms with Crippen molar-refractivity contribution in [1.82, 2.24) is 4.98 Å². The first kappa shape index (κ1) is 12.8. The highest BCUT2D eigenvalue weighted by Gasteiger charge is 2.15. The summed E-state index contributed by atoms with van der Waals surface area (Å²) in [6.45, 7) is 0. The maximum atomic E-state index is 11.5. The molecule has 3 nitrogen and oxygen atoms in total. The molecule has 0 aliphatic carbocycles. The number of carbonyl (C=O) groups is 1. The number of ether oxygens (including phenoxy) is 1. The van der Waals surface area contributed by atoms with Gasteiger partial charge in [0.1, 0.15) is 5.75 Å². The molecule has 0 bridgehead atoms. The van der Waals surface area contributed by atoms with Gasteiger partial charge in [0, 0.05) is 27.1 Å². The summed E-state index contributed by atoms with van der Waals surface area (Å²) in [4.78, 5) is 14.7. The van der Waals surface area contributed by atoms with Crippen molar-refractivity contribution in [2.45, 2.75) is 0 Å². The van der Waals surface area contributed by atoms with Gasteiger partial charge in [0.15, 0.2) is 6.29 Å². The average Bonchev–Trinajstić information content (AvgIpc) is 2.84. The lowest BCUT2D eigenvalue weighted by Crippen LogP contribution is -1.90. The van der Waals surface area contributed by atoms with E-state index >= 15 is 0 Å². The molecule has 0 saturated carbocycles. The summed E-state index contributed by atoms with van der Waals surface area (Å²) in [5.41, 5.74) is 3.06. The maximum absolute atomic E-state index is 11.5. The van der Waals surface area contributed by atoms with E-state index in [1.807, 2.05) is 30.3 Å². The van der Waals surface area contributed by atoms with Gasteiger partial charge in [-0.2, -0.15) is 0 Å². The molecule has 1 heterocycles. The van der Waals surface area contributed by atoms with Crippen LogP contribution in [-0.4, -0.2) is 18.4 Å². The number of hydrogen-bond donors (Lipinski definition) is 1. The molecule has 0 amide bonds. The number of benzene rings is 2. The second-order valence-corrected chi connectivity index (χ2v) is 4.86. The number of aldehydes is 1. The number of carbonyl (C=O) groups excluding carboxylic acids is 1. The first-order chi connectivity index (χ1) is 9.74. The van der Waals surface area contributed by atoms with Gasteiger partial charge in [-0.3, -0.25) is 4.79 Å². The molecule has 1 aromatic heterocycles. The predicted octanol–water partition coefficient (Wildman–Crippen LogP) is 4.31. The third kappa shape index (κ3) is 1.96. The van der Waals surface area contributed by atoms with E-state index in [0.29, 0.717) is 16.3 Å². The minimum atomic E-state index is 0.590. The predicted molar refractivity (Wildman–Crippen MR) is 80.7 cm³/mol. The Hall–Kier alpha value is -2.26.